The van der Waals surface area contributed by atoms with Crippen molar-refractivity contribution in [3.05, 3.63) is 36.2 Å². The molecule has 0 unspecified atom stereocenters. The molecule has 1 saturated heterocycles. The van der Waals surface area contributed by atoms with Crippen molar-refractivity contribution in [3.8, 4) is 11.4 Å². The van der Waals surface area contributed by atoms with Gasteiger partial charge >= 0.3 is 0 Å². The molecule has 2 aromatic rings. The van der Waals surface area contributed by atoms with E-state index in [2.05, 4.69) is 20.4 Å². The fourth-order valence-electron chi connectivity index (χ4n) is 3.15. The summed E-state index contributed by atoms with van der Waals surface area (Å²) in [6, 6.07) is 9.84. The van der Waals surface area contributed by atoms with Gasteiger partial charge in [0, 0.05) is 31.7 Å². The molecule has 1 aromatic heterocycles. The van der Waals surface area contributed by atoms with Crippen molar-refractivity contribution in [2.45, 2.75) is 25.2 Å². The Morgan fingerprint density at radius 2 is 2.08 bits per heavy atom. The second-order valence-corrected chi connectivity index (χ2v) is 6.57. The lowest BCUT2D eigenvalue weighted by atomic mass is 9.97. The summed E-state index contributed by atoms with van der Waals surface area (Å²) in [5.41, 5.74) is 0.963. The Labute approximate surface area is 153 Å². The molecular weight excluding hydrogens is 332 g/mol. The van der Waals surface area contributed by atoms with Gasteiger partial charge in [-0.05, 0) is 32.4 Å². The fourth-order valence-corrected chi connectivity index (χ4v) is 3.15. The number of hydrogen-bond donors (Lipinski definition) is 1. The zero-order valence-electron chi connectivity index (χ0n) is 15.2. The van der Waals surface area contributed by atoms with Gasteiger partial charge in [0.25, 0.3) is 0 Å². The molecule has 7 heteroatoms. The predicted molar refractivity (Wildman–Crippen MR) is 97.7 cm³/mol. The van der Waals surface area contributed by atoms with Crippen LogP contribution in [0, 0.1) is 0 Å². The number of rotatable bonds is 8. The molecule has 0 radical (unpaired) electrons. The van der Waals surface area contributed by atoms with Crippen LogP contribution in [0.3, 0.4) is 0 Å². The van der Waals surface area contributed by atoms with Crippen molar-refractivity contribution in [2.24, 2.45) is 0 Å². The van der Waals surface area contributed by atoms with Crippen LogP contribution in [-0.2, 0) is 9.53 Å². The molecule has 1 amide bonds. The minimum Gasteiger partial charge on any atom is -0.385 e. The molecule has 26 heavy (non-hydrogen) atoms. The van der Waals surface area contributed by atoms with Gasteiger partial charge in [0.05, 0.1) is 6.54 Å². The van der Waals surface area contributed by atoms with Crippen LogP contribution in [0.2, 0.25) is 0 Å². The van der Waals surface area contributed by atoms with E-state index in [-0.39, 0.29) is 11.8 Å². The Balaban J connectivity index is 1.44. The van der Waals surface area contributed by atoms with Crippen LogP contribution in [0.25, 0.3) is 11.4 Å². The van der Waals surface area contributed by atoms with Crippen molar-refractivity contribution < 1.29 is 14.1 Å². The summed E-state index contributed by atoms with van der Waals surface area (Å²) in [4.78, 5) is 18.7. The second kappa shape index (κ2) is 9.45. The standard InChI is InChI=1S/C19H26N4O3/c1-25-13-5-10-20-17(24)14-23-11-8-16(9-12-23)19-21-18(22-26-19)15-6-3-2-4-7-15/h2-4,6-7,16H,5,8-14H2,1H3,(H,20,24). The lowest BCUT2D eigenvalue weighted by molar-refractivity contribution is -0.122. The minimum atomic E-state index is 0.0729. The summed E-state index contributed by atoms with van der Waals surface area (Å²) >= 11 is 0. The van der Waals surface area contributed by atoms with Crippen LogP contribution < -0.4 is 5.32 Å². The normalized spacial score (nSPS) is 15.9. The van der Waals surface area contributed by atoms with Crippen LogP contribution in [0.15, 0.2) is 34.9 Å². The highest BCUT2D eigenvalue weighted by atomic mass is 16.5. The van der Waals surface area contributed by atoms with Gasteiger partial charge in [-0.1, -0.05) is 35.5 Å². The van der Waals surface area contributed by atoms with Gasteiger partial charge in [-0.25, -0.2) is 0 Å². The largest absolute Gasteiger partial charge is 0.385 e. The van der Waals surface area contributed by atoms with Gasteiger partial charge in [-0.2, -0.15) is 4.98 Å². The van der Waals surface area contributed by atoms with E-state index in [9.17, 15) is 4.79 Å². The number of nitrogens with zero attached hydrogens (tertiary/aromatic N) is 3. The maximum atomic E-state index is 12.0. The lowest BCUT2D eigenvalue weighted by Gasteiger charge is -2.29. The van der Waals surface area contributed by atoms with E-state index in [0.29, 0.717) is 31.4 Å². The molecule has 0 saturated carbocycles. The average molecular weight is 358 g/mol. The Morgan fingerprint density at radius 3 is 2.81 bits per heavy atom. The first-order valence-corrected chi connectivity index (χ1v) is 9.13. The third kappa shape index (κ3) is 5.12. The number of hydrogen-bond acceptors (Lipinski definition) is 6. The minimum absolute atomic E-state index is 0.0729. The molecule has 0 aliphatic carbocycles. The highest BCUT2D eigenvalue weighted by Gasteiger charge is 2.26. The number of nitrogens with one attached hydrogen (secondary N) is 1. The molecule has 0 spiro atoms. The van der Waals surface area contributed by atoms with Gasteiger partial charge in [0.1, 0.15) is 0 Å². The Hall–Kier alpha value is -2.25. The molecule has 2 heterocycles. The topological polar surface area (TPSA) is 80.5 Å². The summed E-state index contributed by atoms with van der Waals surface area (Å²) < 4.78 is 10.5. The zero-order valence-corrected chi connectivity index (χ0v) is 15.2. The van der Waals surface area contributed by atoms with E-state index < -0.39 is 0 Å². The molecule has 7 nitrogen and oxygen atoms in total. The maximum Gasteiger partial charge on any atom is 0.234 e. The van der Waals surface area contributed by atoms with Gasteiger partial charge in [0.2, 0.25) is 17.6 Å². The number of ether oxygens (including phenoxy) is 1. The molecule has 140 valence electrons. The first kappa shape index (κ1) is 18.5. The summed E-state index contributed by atoms with van der Waals surface area (Å²) in [6.45, 7) is 3.49. The number of methoxy groups -OCH3 is 1. The second-order valence-electron chi connectivity index (χ2n) is 6.57. The zero-order chi connectivity index (χ0) is 18.2. The summed E-state index contributed by atoms with van der Waals surface area (Å²) in [7, 11) is 1.66. The number of carbonyl (C=O) groups excluding carboxylic acids is 1. The van der Waals surface area contributed by atoms with E-state index in [1.54, 1.807) is 7.11 Å². The van der Waals surface area contributed by atoms with E-state index in [1.165, 1.54) is 0 Å². The number of carbonyl (C=O) groups is 1. The van der Waals surface area contributed by atoms with Crippen molar-refractivity contribution in [2.75, 3.05) is 39.9 Å². The fraction of sp³-hybridized carbons (Fsp3) is 0.526. The quantitative estimate of drug-likeness (QED) is 0.728. The van der Waals surface area contributed by atoms with Crippen LogP contribution in [0.1, 0.15) is 31.1 Å². The van der Waals surface area contributed by atoms with Gasteiger partial charge in [0.15, 0.2) is 0 Å². The summed E-state index contributed by atoms with van der Waals surface area (Å²) in [6.07, 6.45) is 2.69. The third-order valence-corrected chi connectivity index (χ3v) is 4.63. The number of piperidine rings is 1. The van der Waals surface area contributed by atoms with E-state index in [4.69, 9.17) is 9.26 Å². The predicted octanol–water partition coefficient (Wildman–Crippen LogP) is 2.07. The van der Waals surface area contributed by atoms with Crippen molar-refractivity contribution in [1.29, 1.82) is 0 Å². The Morgan fingerprint density at radius 1 is 1.31 bits per heavy atom. The van der Waals surface area contributed by atoms with E-state index in [0.717, 1.165) is 37.9 Å². The van der Waals surface area contributed by atoms with Gasteiger partial charge in [-0.15, -0.1) is 0 Å². The molecule has 0 bridgehead atoms. The smallest absolute Gasteiger partial charge is 0.234 e. The molecule has 1 fully saturated rings. The van der Waals surface area contributed by atoms with Crippen molar-refractivity contribution in [3.63, 3.8) is 0 Å². The van der Waals surface area contributed by atoms with Gasteiger partial charge < -0.3 is 14.6 Å². The Kier molecular flexibility index (Phi) is 6.74. The lowest BCUT2D eigenvalue weighted by Crippen LogP contribution is -2.41. The van der Waals surface area contributed by atoms with Crippen molar-refractivity contribution in [1.82, 2.24) is 20.4 Å². The number of amides is 1. The molecule has 3 rings (SSSR count). The van der Waals surface area contributed by atoms with Gasteiger partial charge in [-0.3, -0.25) is 9.69 Å². The van der Waals surface area contributed by atoms with Crippen LogP contribution >= 0.6 is 0 Å². The molecule has 0 atom stereocenters. The van der Waals surface area contributed by atoms with Crippen LogP contribution in [-0.4, -0.2) is 60.8 Å². The third-order valence-electron chi connectivity index (χ3n) is 4.63. The molecule has 1 aromatic carbocycles. The number of benzene rings is 1. The SMILES string of the molecule is COCCCNC(=O)CN1CCC(c2nc(-c3ccccc3)no2)CC1. The number of likely N-dealkylation sites (tertiary alicyclic amines) is 1. The summed E-state index contributed by atoms with van der Waals surface area (Å²) in [5.74, 6) is 1.68. The first-order chi connectivity index (χ1) is 12.8. The monoisotopic (exact) mass is 358 g/mol. The average Bonchev–Trinajstić information content (AvgIpc) is 3.17. The van der Waals surface area contributed by atoms with E-state index in [1.807, 2.05) is 30.3 Å². The maximum absolute atomic E-state index is 12.0. The highest BCUT2D eigenvalue weighted by Crippen LogP contribution is 2.28. The highest BCUT2D eigenvalue weighted by molar-refractivity contribution is 5.77. The van der Waals surface area contributed by atoms with E-state index >= 15 is 0 Å². The van der Waals surface area contributed by atoms with Crippen molar-refractivity contribution >= 4 is 5.91 Å². The number of aromatic nitrogens is 2. The molecular formula is C19H26N4O3. The van der Waals surface area contributed by atoms with Crippen LogP contribution in [0.5, 0.6) is 0 Å². The molecule has 1 aliphatic heterocycles. The van der Waals surface area contributed by atoms with Crippen LogP contribution in [0.4, 0.5) is 0 Å². The molecule has 1 N–H and O–H groups in total. The summed E-state index contributed by atoms with van der Waals surface area (Å²) in [5, 5.41) is 7.03. The first-order valence-electron chi connectivity index (χ1n) is 9.13. The molecule has 1 aliphatic rings. The Bertz CT molecular complexity index is 681.